The van der Waals surface area contributed by atoms with Crippen LogP contribution in [0.4, 0.5) is 0 Å². The van der Waals surface area contributed by atoms with Gasteiger partial charge in [0.25, 0.3) is 0 Å². The number of nitrogens with one attached hydrogen (secondary N) is 3. The van der Waals surface area contributed by atoms with E-state index in [0.29, 0.717) is 43.7 Å². The van der Waals surface area contributed by atoms with Crippen molar-refractivity contribution in [1.82, 2.24) is 20.9 Å². The number of amides is 1. The number of rotatable bonds is 26. The quantitative estimate of drug-likeness (QED) is 0.0189. The van der Waals surface area contributed by atoms with E-state index in [4.69, 9.17) is 16.0 Å². The van der Waals surface area contributed by atoms with E-state index in [-0.39, 0.29) is 38.4 Å². The van der Waals surface area contributed by atoms with Crippen LogP contribution in [0.3, 0.4) is 0 Å². The first-order valence-corrected chi connectivity index (χ1v) is 25.0. The second kappa shape index (κ2) is 21.2. The smallest absolute Gasteiger partial charge is 0.390 e. The number of azide groups is 1. The highest BCUT2D eigenvalue weighted by molar-refractivity contribution is 7.72. The summed E-state index contributed by atoms with van der Waals surface area (Å²) in [4.78, 5) is 78.3. The van der Waals surface area contributed by atoms with Crippen molar-refractivity contribution in [1.29, 1.82) is 0 Å². The largest absolute Gasteiger partial charge is 0.490 e. The van der Waals surface area contributed by atoms with Crippen molar-refractivity contribution in [3.05, 3.63) is 22.0 Å². The molecule has 0 radical (unpaired) electrons. The number of aliphatic imine (C=N–C) groups is 1. The molecular formula is C20H41N9O22P6. The fourth-order valence-corrected chi connectivity index (χ4v) is 12.6. The summed E-state index contributed by atoms with van der Waals surface area (Å²) in [5.41, 5.74) is 14.6. The Hall–Kier alpha value is -1.67. The van der Waals surface area contributed by atoms with Crippen molar-refractivity contribution in [3.8, 4) is 0 Å². The molecule has 0 aromatic carbocycles. The van der Waals surface area contributed by atoms with E-state index >= 15 is 0 Å². The number of aliphatic hydroxyl groups excluding tert-OH is 1. The summed E-state index contributed by atoms with van der Waals surface area (Å²) in [6, 6.07) is 0. The Bertz CT molecular complexity index is 1830. The molecular weight excluding hydrogens is 904 g/mol. The van der Waals surface area contributed by atoms with E-state index in [1.54, 1.807) is 4.90 Å². The molecule has 10 atom stereocenters. The normalized spacial score (nSPS) is 26.9. The lowest BCUT2D eigenvalue weighted by molar-refractivity contribution is -0.121. The van der Waals surface area contributed by atoms with Gasteiger partial charge in [-0.2, -0.15) is 21.6 Å². The molecule has 37 heteroatoms. The summed E-state index contributed by atoms with van der Waals surface area (Å²) >= 11 is 0. The molecule has 3 aliphatic heterocycles. The van der Waals surface area contributed by atoms with Crippen LogP contribution in [-0.2, 0) is 67.5 Å². The summed E-state index contributed by atoms with van der Waals surface area (Å²) in [6.45, 7) is -0.920. The van der Waals surface area contributed by atoms with Crippen LogP contribution in [0.5, 0.6) is 0 Å². The Morgan fingerprint density at radius 3 is 2.07 bits per heavy atom. The fraction of sp³-hybridized carbons (Fsp3) is 0.800. The third kappa shape index (κ3) is 17.8. The van der Waals surface area contributed by atoms with Gasteiger partial charge < -0.3 is 65.8 Å². The number of ether oxygens (including phenoxy) is 1. The zero-order valence-electron chi connectivity index (χ0n) is 29.1. The maximum atomic E-state index is 12.3. The lowest BCUT2D eigenvalue weighted by atomic mass is 10.2. The predicted molar refractivity (Wildman–Crippen MR) is 187 cm³/mol. The molecule has 1 fully saturated rings. The van der Waals surface area contributed by atoms with Gasteiger partial charge in [-0.3, -0.25) is 13.8 Å². The van der Waals surface area contributed by atoms with Crippen LogP contribution in [0, 0.1) is 0 Å². The molecule has 3 heterocycles. The zero-order valence-corrected chi connectivity index (χ0v) is 34.5. The number of hydrogen-bond donors (Lipinski definition) is 11. The van der Waals surface area contributed by atoms with Crippen molar-refractivity contribution >= 4 is 59.2 Å². The number of nitrogens with zero attached hydrogens (tertiary/aromatic N) is 5. The summed E-state index contributed by atoms with van der Waals surface area (Å²) < 4.78 is 106. The van der Waals surface area contributed by atoms with E-state index in [9.17, 15) is 66.7 Å². The van der Waals surface area contributed by atoms with Crippen LogP contribution in [0.1, 0.15) is 44.9 Å². The third-order valence-electron chi connectivity index (χ3n) is 7.06. The fourth-order valence-electron chi connectivity index (χ4n) is 4.79. The van der Waals surface area contributed by atoms with Crippen LogP contribution in [0.2, 0.25) is 0 Å². The SMILES string of the molecule is [N-]=[N+]=NCCCC(=O)NCCCCCCOP(=O)(O)OP(=O)(O)OP(=O)(O)OP(=O)(O)OP(=O)(O)OP(=O)(O)OC[C@H]1O[C@@H](N2CNC3=C2N=CNC3N)C[C@H]1O. The summed E-state index contributed by atoms with van der Waals surface area (Å²) in [5.74, 6) is 0.124. The second-order valence-electron chi connectivity index (χ2n) is 11.5. The Morgan fingerprint density at radius 2 is 1.47 bits per heavy atom. The molecule has 0 bridgehead atoms. The molecule has 57 heavy (non-hydrogen) atoms. The molecule has 12 N–H and O–H groups in total. The predicted octanol–water partition coefficient (Wildman–Crippen LogP) is 0.896. The molecule has 7 unspecified atom stereocenters. The summed E-state index contributed by atoms with van der Waals surface area (Å²) in [7, 11) is -36.7. The van der Waals surface area contributed by atoms with Gasteiger partial charge in [-0.1, -0.05) is 18.0 Å². The van der Waals surface area contributed by atoms with Crippen LogP contribution >= 0.6 is 46.9 Å². The third-order valence-corrected chi connectivity index (χ3v) is 16.3. The lowest BCUT2D eigenvalue weighted by Crippen LogP contribution is -2.43. The topological polar surface area (TPSA) is 461 Å². The number of carbonyl (C=O) groups is 1. The Morgan fingerprint density at radius 1 is 0.912 bits per heavy atom. The van der Waals surface area contributed by atoms with E-state index in [0.717, 1.165) is 0 Å². The van der Waals surface area contributed by atoms with Crippen LogP contribution in [-0.4, -0.2) is 109 Å². The number of phosphoric ester groups is 2. The number of hydrogen-bond acceptors (Lipinski definition) is 22. The van der Waals surface area contributed by atoms with Crippen molar-refractivity contribution in [3.63, 3.8) is 0 Å². The van der Waals surface area contributed by atoms with Gasteiger partial charge in [-0.05, 0) is 24.8 Å². The second-order valence-corrected chi connectivity index (χ2v) is 21.0. The Kier molecular flexibility index (Phi) is 18.5. The standard InChI is InChI=1S/C20H41N9O22P6/c21-19-18-20(25-12-24-19)29(13-26-18)17-10-14(30)15(46-17)11-45-53(34,35)48-55(38,39)50-57(42,43)51-56(40,41)49-54(36,37)47-52(32,33)44-9-4-2-1-3-7-23-16(31)6-5-8-27-28-22/h12,14-15,17,19,26,30H,1-11,13,21H2,(H,23,31)(H,24,25)(H,32,33)(H,34,35)(H,36,37)(H,38,39)(H,40,41)(H,42,43)/t14-,15-,17-,19?/m1/s1. The first-order valence-electron chi connectivity index (χ1n) is 16.1. The minimum Gasteiger partial charge on any atom is -0.390 e. The Balaban J connectivity index is 1.40. The Labute approximate surface area is 322 Å². The van der Waals surface area contributed by atoms with Crippen LogP contribution in [0.15, 0.2) is 21.6 Å². The minimum atomic E-state index is -6.45. The molecule has 3 aliphatic rings. The number of unbranched alkanes of at least 4 members (excludes halogenated alkanes) is 3. The van der Waals surface area contributed by atoms with Crippen LogP contribution in [0.25, 0.3) is 10.4 Å². The minimum absolute atomic E-state index is 0.0726. The van der Waals surface area contributed by atoms with Crippen molar-refractivity contribution in [2.24, 2.45) is 15.8 Å². The summed E-state index contributed by atoms with van der Waals surface area (Å²) in [5, 5.41) is 22.1. The number of phosphoric acid groups is 6. The maximum Gasteiger partial charge on any atom is 0.490 e. The monoisotopic (exact) mass is 945 g/mol. The van der Waals surface area contributed by atoms with Gasteiger partial charge in [0.05, 0.1) is 38.0 Å². The molecule has 31 nitrogen and oxygen atoms in total. The molecule has 0 aromatic heterocycles. The first-order chi connectivity index (χ1) is 26.3. The molecule has 0 aliphatic carbocycles. The van der Waals surface area contributed by atoms with Gasteiger partial charge in [0.2, 0.25) is 5.91 Å². The molecule has 1 amide bonds. The van der Waals surface area contributed by atoms with Gasteiger partial charge in [0, 0.05) is 30.8 Å². The highest BCUT2D eigenvalue weighted by Gasteiger charge is 2.50. The van der Waals surface area contributed by atoms with E-state index < -0.39 is 84.8 Å². The van der Waals surface area contributed by atoms with Gasteiger partial charge in [-0.15, -0.1) is 0 Å². The molecule has 3 rings (SSSR count). The van der Waals surface area contributed by atoms with E-state index in [1.807, 2.05) is 0 Å². The molecule has 0 spiro atoms. The highest BCUT2D eigenvalue weighted by Crippen LogP contribution is 2.75. The maximum absolute atomic E-state index is 12.3. The van der Waals surface area contributed by atoms with Gasteiger partial charge >= 0.3 is 46.9 Å². The molecule has 0 aromatic rings. The highest BCUT2D eigenvalue weighted by atomic mass is 31.3. The first kappa shape index (κ1) is 49.7. The van der Waals surface area contributed by atoms with E-state index in [2.05, 4.69) is 61.6 Å². The number of carbonyl (C=O) groups excluding carboxylic acids is 1. The zero-order chi connectivity index (χ0) is 42.7. The molecule has 328 valence electrons. The van der Waals surface area contributed by atoms with Gasteiger partial charge in [-0.25, -0.2) is 32.4 Å². The molecule has 1 saturated heterocycles. The van der Waals surface area contributed by atoms with E-state index in [1.165, 1.54) is 6.34 Å². The summed E-state index contributed by atoms with van der Waals surface area (Å²) in [6.07, 6.45) is -0.965. The van der Waals surface area contributed by atoms with Gasteiger partial charge in [0.1, 0.15) is 18.5 Å². The van der Waals surface area contributed by atoms with Gasteiger partial charge in [0.15, 0.2) is 5.82 Å². The number of nitrogens with two attached hydrogens (primary N) is 1. The average Bonchev–Trinajstić information content (AvgIpc) is 3.64. The van der Waals surface area contributed by atoms with Crippen molar-refractivity contribution in [2.45, 2.75) is 69.5 Å². The average molecular weight is 945 g/mol. The number of aliphatic hydroxyl groups is 1. The lowest BCUT2D eigenvalue weighted by Gasteiger charge is -2.27. The molecule has 0 saturated carbocycles. The van der Waals surface area contributed by atoms with Crippen molar-refractivity contribution < 1.29 is 102 Å². The van der Waals surface area contributed by atoms with Crippen LogP contribution < -0.4 is 21.7 Å². The van der Waals surface area contributed by atoms with Crippen molar-refractivity contribution in [2.75, 3.05) is 33.0 Å².